The van der Waals surface area contributed by atoms with Crippen molar-refractivity contribution in [1.29, 1.82) is 0 Å². The summed E-state index contributed by atoms with van der Waals surface area (Å²) < 4.78 is 1.31. The van der Waals surface area contributed by atoms with Crippen molar-refractivity contribution in [1.82, 2.24) is 0 Å². The predicted octanol–water partition coefficient (Wildman–Crippen LogP) is 5.78. The zero-order chi connectivity index (χ0) is 14.8. The predicted molar refractivity (Wildman–Crippen MR) is 106 cm³/mol. The normalized spacial score (nSPS) is 25.5. The first kappa shape index (κ1) is 19.3. The Labute approximate surface area is 158 Å². The summed E-state index contributed by atoms with van der Waals surface area (Å²) >= 11 is 0. The lowest BCUT2D eigenvalue weighted by Gasteiger charge is -2.49. The maximum absolute atomic E-state index is 2.34. The SMILES string of the molecule is Cl.Cl.c1ccc(C(c2ccccc2)[N@@+]23CCCC[C@H]2CCC3)cc1. The summed E-state index contributed by atoms with van der Waals surface area (Å²) in [5.74, 6) is 0. The molecule has 4 rings (SSSR count). The van der Waals surface area contributed by atoms with E-state index in [0.29, 0.717) is 6.04 Å². The molecule has 2 saturated heterocycles. The minimum atomic E-state index is 0. The molecule has 2 aromatic carbocycles. The fraction of sp³-hybridized carbons (Fsp3) is 0.429. The molecule has 2 fully saturated rings. The van der Waals surface area contributed by atoms with Crippen LogP contribution in [0.15, 0.2) is 60.7 Å². The number of hydrogen-bond donors (Lipinski definition) is 0. The van der Waals surface area contributed by atoms with Crippen LogP contribution in [0.5, 0.6) is 0 Å². The van der Waals surface area contributed by atoms with E-state index in [1.165, 1.54) is 60.8 Å². The van der Waals surface area contributed by atoms with Crippen molar-refractivity contribution in [3.63, 3.8) is 0 Å². The standard InChI is InChI=1S/C21H26N.2ClH/c1-3-10-18(11-4-1)21(19-12-5-2-6-13-19)22-16-8-7-14-20(22)15-9-17-22;;/h1-6,10-13,20-21H,7-9,14-17H2;2*1H/q+1;;/t20-,22+;;/m0../s1. The first-order valence-corrected chi connectivity index (χ1v) is 8.86. The molecule has 130 valence electrons. The maximum Gasteiger partial charge on any atom is 0.141 e. The molecule has 0 bridgehead atoms. The van der Waals surface area contributed by atoms with Gasteiger partial charge in [0.15, 0.2) is 0 Å². The highest BCUT2D eigenvalue weighted by Gasteiger charge is 2.49. The molecular weight excluding hydrogens is 337 g/mol. The quantitative estimate of drug-likeness (QED) is 0.605. The molecular formula is C21H28Cl2N+. The number of nitrogens with zero attached hydrogens (tertiary/aromatic N) is 1. The van der Waals surface area contributed by atoms with E-state index in [1.807, 2.05) is 0 Å². The lowest BCUT2D eigenvalue weighted by atomic mass is 9.89. The average molecular weight is 365 g/mol. The average Bonchev–Trinajstić information content (AvgIpc) is 3.01. The number of fused-ring (bicyclic) bond motifs is 1. The van der Waals surface area contributed by atoms with Gasteiger partial charge in [0.25, 0.3) is 0 Å². The summed E-state index contributed by atoms with van der Waals surface area (Å²) in [7, 11) is 0. The highest BCUT2D eigenvalue weighted by atomic mass is 35.5. The Morgan fingerprint density at radius 1 is 0.667 bits per heavy atom. The number of benzene rings is 2. The van der Waals surface area contributed by atoms with E-state index in [2.05, 4.69) is 60.7 Å². The van der Waals surface area contributed by atoms with Crippen LogP contribution in [0.2, 0.25) is 0 Å². The molecule has 2 heterocycles. The fourth-order valence-corrected chi connectivity index (χ4v) is 5.07. The third-order valence-corrected chi connectivity index (χ3v) is 5.95. The van der Waals surface area contributed by atoms with E-state index in [-0.39, 0.29) is 24.8 Å². The van der Waals surface area contributed by atoms with Crippen molar-refractivity contribution in [2.24, 2.45) is 0 Å². The third kappa shape index (κ3) is 3.35. The Morgan fingerprint density at radius 3 is 1.75 bits per heavy atom. The molecule has 0 aliphatic carbocycles. The van der Waals surface area contributed by atoms with Crippen LogP contribution in [0, 0.1) is 0 Å². The third-order valence-electron chi connectivity index (χ3n) is 5.95. The Bertz CT molecular complexity index is 577. The van der Waals surface area contributed by atoms with E-state index in [4.69, 9.17) is 0 Å². The van der Waals surface area contributed by atoms with Crippen LogP contribution in [0.1, 0.15) is 49.3 Å². The Hall–Kier alpha value is -1.02. The zero-order valence-corrected chi connectivity index (χ0v) is 15.8. The molecule has 0 N–H and O–H groups in total. The van der Waals surface area contributed by atoms with Crippen LogP contribution in [0.4, 0.5) is 0 Å². The van der Waals surface area contributed by atoms with E-state index in [9.17, 15) is 0 Å². The van der Waals surface area contributed by atoms with Gasteiger partial charge in [0, 0.05) is 24.0 Å². The Kier molecular flexibility index (Phi) is 6.74. The summed E-state index contributed by atoms with van der Waals surface area (Å²) in [5.41, 5.74) is 3.00. The minimum absolute atomic E-state index is 0. The van der Waals surface area contributed by atoms with Crippen LogP contribution >= 0.6 is 24.8 Å². The summed E-state index contributed by atoms with van der Waals surface area (Å²) in [6.07, 6.45) is 7.08. The van der Waals surface area contributed by atoms with Crippen LogP contribution in [0.3, 0.4) is 0 Å². The molecule has 2 aliphatic heterocycles. The number of quaternary nitrogens is 1. The van der Waals surface area contributed by atoms with Crippen LogP contribution in [-0.4, -0.2) is 23.6 Å². The van der Waals surface area contributed by atoms with E-state index in [0.717, 1.165) is 6.04 Å². The van der Waals surface area contributed by atoms with Gasteiger partial charge in [-0.3, -0.25) is 0 Å². The molecule has 2 aliphatic rings. The highest BCUT2D eigenvalue weighted by molar-refractivity contribution is 5.85. The highest BCUT2D eigenvalue weighted by Crippen LogP contribution is 2.46. The lowest BCUT2D eigenvalue weighted by molar-refractivity contribution is -0.966. The molecule has 1 nitrogen and oxygen atoms in total. The number of rotatable bonds is 3. The maximum atomic E-state index is 2.34. The molecule has 0 saturated carbocycles. The van der Waals surface area contributed by atoms with Gasteiger partial charge in [0.1, 0.15) is 6.04 Å². The second-order valence-corrected chi connectivity index (χ2v) is 7.07. The first-order valence-electron chi connectivity index (χ1n) is 8.86. The van der Waals surface area contributed by atoms with Gasteiger partial charge in [-0.15, -0.1) is 24.8 Å². The molecule has 0 aromatic heterocycles. The van der Waals surface area contributed by atoms with Crippen molar-refractivity contribution in [3.8, 4) is 0 Å². The second kappa shape index (κ2) is 8.38. The largest absolute Gasteiger partial charge is 0.311 e. The zero-order valence-electron chi connectivity index (χ0n) is 14.1. The van der Waals surface area contributed by atoms with Gasteiger partial charge in [-0.05, 0) is 19.3 Å². The molecule has 2 atom stereocenters. The molecule has 0 amide bonds. The molecule has 24 heavy (non-hydrogen) atoms. The number of hydrogen-bond acceptors (Lipinski definition) is 0. The van der Waals surface area contributed by atoms with Crippen molar-refractivity contribution >= 4 is 24.8 Å². The van der Waals surface area contributed by atoms with Crippen molar-refractivity contribution in [2.45, 2.75) is 44.2 Å². The monoisotopic (exact) mass is 364 g/mol. The Morgan fingerprint density at radius 2 is 1.17 bits per heavy atom. The van der Waals surface area contributed by atoms with Crippen molar-refractivity contribution in [2.75, 3.05) is 13.1 Å². The second-order valence-electron chi connectivity index (χ2n) is 7.07. The molecule has 0 unspecified atom stereocenters. The molecule has 3 heteroatoms. The van der Waals surface area contributed by atoms with E-state index >= 15 is 0 Å². The molecule has 0 spiro atoms. The number of halogens is 2. The summed E-state index contributed by atoms with van der Waals surface area (Å²) in [4.78, 5) is 0. The smallest absolute Gasteiger partial charge is 0.141 e. The van der Waals surface area contributed by atoms with Crippen molar-refractivity contribution in [3.05, 3.63) is 71.8 Å². The van der Waals surface area contributed by atoms with Crippen LogP contribution < -0.4 is 0 Å². The Balaban J connectivity index is 0.00000104. The van der Waals surface area contributed by atoms with Gasteiger partial charge >= 0.3 is 0 Å². The fourth-order valence-electron chi connectivity index (χ4n) is 5.07. The van der Waals surface area contributed by atoms with E-state index < -0.39 is 0 Å². The van der Waals surface area contributed by atoms with Gasteiger partial charge in [0.05, 0.1) is 19.1 Å². The molecule has 2 aromatic rings. The van der Waals surface area contributed by atoms with Gasteiger partial charge in [0.2, 0.25) is 0 Å². The van der Waals surface area contributed by atoms with Crippen LogP contribution in [0.25, 0.3) is 0 Å². The lowest BCUT2D eigenvalue weighted by Crippen LogP contribution is -2.56. The van der Waals surface area contributed by atoms with E-state index in [1.54, 1.807) is 0 Å². The summed E-state index contributed by atoms with van der Waals surface area (Å²) in [6.45, 7) is 2.72. The van der Waals surface area contributed by atoms with Gasteiger partial charge in [-0.1, -0.05) is 60.7 Å². The van der Waals surface area contributed by atoms with Gasteiger partial charge < -0.3 is 4.48 Å². The summed E-state index contributed by atoms with van der Waals surface area (Å²) in [5, 5.41) is 0. The van der Waals surface area contributed by atoms with Gasteiger partial charge in [-0.2, -0.15) is 0 Å². The van der Waals surface area contributed by atoms with Crippen LogP contribution in [-0.2, 0) is 0 Å². The van der Waals surface area contributed by atoms with Crippen molar-refractivity contribution < 1.29 is 4.48 Å². The summed E-state index contributed by atoms with van der Waals surface area (Å²) in [6, 6.07) is 23.9. The minimum Gasteiger partial charge on any atom is -0.311 e. The van der Waals surface area contributed by atoms with Gasteiger partial charge in [-0.25, -0.2) is 0 Å². The topological polar surface area (TPSA) is 0 Å². The molecule has 0 radical (unpaired) electrons. The first-order chi connectivity index (χ1) is 10.9. The number of piperidine rings is 1.